The molecule has 0 bridgehead atoms. The molecule has 2 aliphatic heterocycles. The molecule has 0 saturated carbocycles. The van der Waals surface area contributed by atoms with Gasteiger partial charge in [-0.1, -0.05) is 0 Å². The number of fused-ring (bicyclic) bond motifs is 1. The summed E-state index contributed by atoms with van der Waals surface area (Å²) in [6.07, 6.45) is 3.09. The molecule has 0 aliphatic carbocycles. The van der Waals surface area contributed by atoms with Crippen molar-refractivity contribution in [2.24, 2.45) is 0 Å². The first kappa shape index (κ1) is 15.5. The number of nitrogens with one attached hydrogen (secondary N) is 2. The molecule has 2 fully saturated rings. The van der Waals surface area contributed by atoms with E-state index in [9.17, 15) is 14.4 Å². The van der Waals surface area contributed by atoms with Gasteiger partial charge in [-0.2, -0.15) is 0 Å². The number of urea groups is 1. The number of carboxylic acids is 1. The standard InChI is InChI=1S/C14H21N3O4/c1-8(9(2)13(19)20)12(18)16-14(21)15-10-5-7-17-6-3-4-11(10)17/h10-11H,3-7H2,1-2H3,(H,19,20)(H2,15,16,18,21). The molecule has 7 heteroatoms. The predicted octanol–water partition coefficient (Wildman–Crippen LogP) is 0.470. The minimum Gasteiger partial charge on any atom is -0.478 e. The number of nitrogens with zero attached hydrogens (tertiary/aromatic N) is 1. The molecule has 0 aromatic heterocycles. The van der Waals surface area contributed by atoms with Gasteiger partial charge in [-0.05, 0) is 39.7 Å². The summed E-state index contributed by atoms with van der Waals surface area (Å²) in [7, 11) is 0. The molecule has 2 saturated heterocycles. The maximum Gasteiger partial charge on any atom is 0.331 e. The number of imide groups is 1. The molecular weight excluding hydrogens is 274 g/mol. The maximum absolute atomic E-state index is 11.9. The van der Waals surface area contributed by atoms with E-state index in [1.54, 1.807) is 0 Å². The molecule has 21 heavy (non-hydrogen) atoms. The first-order valence-corrected chi connectivity index (χ1v) is 7.17. The van der Waals surface area contributed by atoms with E-state index in [2.05, 4.69) is 15.5 Å². The molecule has 2 unspecified atom stereocenters. The van der Waals surface area contributed by atoms with Crippen LogP contribution in [0.4, 0.5) is 4.79 Å². The molecule has 0 aromatic carbocycles. The molecule has 2 heterocycles. The average molecular weight is 295 g/mol. The number of hydrogen-bond acceptors (Lipinski definition) is 4. The highest BCUT2D eigenvalue weighted by Gasteiger charge is 2.37. The van der Waals surface area contributed by atoms with Gasteiger partial charge in [-0.15, -0.1) is 0 Å². The molecule has 116 valence electrons. The van der Waals surface area contributed by atoms with Crippen LogP contribution >= 0.6 is 0 Å². The van der Waals surface area contributed by atoms with Crippen LogP contribution < -0.4 is 10.6 Å². The normalized spacial score (nSPS) is 26.0. The summed E-state index contributed by atoms with van der Waals surface area (Å²) < 4.78 is 0. The summed E-state index contributed by atoms with van der Waals surface area (Å²) in [5, 5.41) is 13.8. The zero-order valence-electron chi connectivity index (χ0n) is 12.3. The van der Waals surface area contributed by atoms with Crippen molar-refractivity contribution in [3.63, 3.8) is 0 Å². The van der Waals surface area contributed by atoms with Crippen molar-refractivity contribution < 1.29 is 19.5 Å². The molecule has 0 aromatic rings. The molecular formula is C14H21N3O4. The predicted molar refractivity (Wildman–Crippen MR) is 75.7 cm³/mol. The highest BCUT2D eigenvalue weighted by Crippen LogP contribution is 2.27. The number of hydrogen-bond donors (Lipinski definition) is 3. The molecule has 2 atom stereocenters. The molecule has 3 amide bonds. The minimum absolute atomic E-state index is 0.0339. The van der Waals surface area contributed by atoms with Crippen molar-refractivity contribution in [1.82, 2.24) is 15.5 Å². The fraction of sp³-hybridized carbons (Fsp3) is 0.643. The lowest BCUT2D eigenvalue weighted by Crippen LogP contribution is -2.48. The molecule has 2 aliphatic rings. The van der Waals surface area contributed by atoms with Gasteiger partial charge < -0.3 is 10.4 Å². The van der Waals surface area contributed by atoms with E-state index < -0.39 is 17.9 Å². The summed E-state index contributed by atoms with van der Waals surface area (Å²) in [6.45, 7) is 4.77. The van der Waals surface area contributed by atoms with Crippen LogP contribution in [0.25, 0.3) is 0 Å². The lowest BCUT2D eigenvalue weighted by Gasteiger charge is -2.21. The number of aliphatic carboxylic acids is 1. The second-order valence-corrected chi connectivity index (χ2v) is 5.62. The topological polar surface area (TPSA) is 98.7 Å². The van der Waals surface area contributed by atoms with Gasteiger partial charge in [0.05, 0.1) is 0 Å². The van der Waals surface area contributed by atoms with Gasteiger partial charge in [0, 0.05) is 29.8 Å². The summed E-state index contributed by atoms with van der Waals surface area (Å²) in [6, 6.07) is -0.135. The Hall–Kier alpha value is -1.89. The zero-order chi connectivity index (χ0) is 15.6. The van der Waals surface area contributed by atoms with Crippen LogP contribution in [0, 0.1) is 0 Å². The van der Waals surface area contributed by atoms with Crippen molar-refractivity contribution in [2.75, 3.05) is 13.1 Å². The van der Waals surface area contributed by atoms with Gasteiger partial charge in [-0.3, -0.25) is 15.0 Å². The van der Waals surface area contributed by atoms with Crippen LogP contribution in [0.5, 0.6) is 0 Å². The molecule has 0 spiro atoms. The number of carbonyl (C=O) groups excluding carboxylic acids is 2. The maximum atomic E-state index is 11.9. The Morgan fingerprint density at radius 2 is 1.81 bits per heavy atom. The van der Waals surface area contributed by atoms with E-state index in [-0.39, 0.29) is 17.2 Å². The lowest BCUT2D eigenvalue weighted by atomic mass is 10.1. The van der Waals surface area contributed by atoms with Gasteiger partial charge in [0.25, 0.3) is 5.91 Å². The third kappa shape index (κ3) is 3.41. The second-order valence-electron chi connectivity index (χ2n) is 5.62. The summed E-state index contributed by atoms with van der Waals surface area (Å²) in [5.41, 5.74) is -0.0327. The number of carboxylic acid groups (broad SMARTS) is 1. The van der Waals surface area contributed by atoms with Crippen molar-refractivity contribution >= 4 is 17.9 Å². The van der Waals surface area contributed by atoms with Crippen molar-refractivity contribution in [1.29, 1.82) is 0 Å². The van der Waals surface area contributed by atoms with Gasteiger partial charge in [0.15, 0.2) is 0 Å². The summed E-state index contributed by atoms with van der Waals surface area (Å²) in [4.78, 5) is 36.8. The van der Waals surface area contributed by atoms with Crippen LogP contribution in [0.2, 0.25) is 0 Å². The Morgan fingerprint density at radius 3 is 2.48 bits per heavy atom. The van der Waals surface area contributed by atoms with E-state index in [0.29, 0.717) is 6.04 Å². The smallest absolute Gasteiger partial charge is 0.331 e. The van der Waals surface area contributed by atoms with E-state index in [0.717, 1.165) is 32.4 Å². The Bertz CT molecular complexity index is 500. The third-order valence-electron chi connectivity index (χ3n) is 4.37. The van der Waals surface area contributed by atoms with E-state index in [1.165, 1.54) is 13.8 Å². The SMILES string of the molecule is CC(C(=O)O)=C(C)C(=O)NC(=O)NC1CCN2CCCC12. The van der Waals surface area contributed by atoms with Crippen LogP contribution in [-0.2, 0) is 9.59 Å². The average Bonchev–Trinajstić information content (AvgIpc) is 3.01. The van der Waals surface area contributed by atoms with Crippen LogP contribution in [-0.4, -0.2) is 53.1 Å². The first-order valence-electron chi connectivity index (χ1n) is 7.17. The number of amides is 3. The Morgan fingerprint density at radius 1 is 1.10 bits per heavy atom. The monoisotopic (exact) mass is 295 g/mol. The van der Waals surface area contributed by atoms with Crippen LogP contribution in [0.3, 0.4) is 0 Å². The van der Waals surface area contributed by atoms with Gasteiger partial charge in [-0.25, -0.2) is 9.59 Å². The Labute approximate surface area is 123 Å². The van der Waals surface area contributed by atoms with Gasteiger partial charge in [0.2, 0.25) is 0 Å². The van der Waals surface area contributed by atoms with E-state index in [4.69, 9.17) is 5.11 Å². The Balaban J connectivity index is 1.89. The Kier molecular flexibility index (Phi) is 4.62. The molecule has 3 N–H and O–H groups in total. The quantitative estimate of drug-likeness (QED) is 0.657. The van der Waals surface area contributed by atoms with E-state index in [1.807, 2.05) is 0 Å². The van der Waals surface area contributed by atoms with Crippen molar-refractivity contribution in [2.45, 2.75) is 45.2 Å². The summed E-state index contributed by atoms with van der Waals surface area (Å²) in [5.74, 6) is -1.84. The zero-order valence-corrected chi connectivity index (χ0v) is 12.3. The second kappa shape index (κ2) is 6.26. The molecule has 2 rings (SSSR count). The van der Waals surface area contributed by atoms with Gasteiger partial charge in [0.1, 0.15) is 0 Å². The molecule has 0 radical (unpaired) electrons. The van der Waals surface area contributed by atoms with E-state index >= 15 is 0 Å². The first-order chi connectivity index (χ1) is 9.90. The van der Waals surface area contributed by atoms with Gasteiger partial charge >= 0.3 is 12.0 Å². The third-order valence-corrected chi connectivity index (χ3v) is 4.37. The highest BCUT2D eigenvalue weighted by molar-refractivity contribution is 6.07. The molecule has 7 nitrogen and oxygen atoms in total. The summed E-state index contributed by atoms with van der Waals surface area (Å²) >= 11 is 0. The number of rotatable bonds is 3. The van der Waals surface area contributed by atoms with Crippen LogP contribution in [0.15, 0.2) is 11.1 Å². The minimum atomic E-state index is -1.17. The highest BCUT2D eigenvalue weighted by atomic mass is 16.4. The van der Waals surface area contributed by atoms with Crippen LogP contribution in [0.1, 0.15) is 33.1 Å². The fourth-order valence-electron chi connectivity index (χ4n) is 2.98. The lowest BCUT2D eigenvalue weighted by molar-refractivity contribution is -0.133. The van der Waals surface area contributed by atoms with Crippen molar-refractivity contribution in [3.8, 4) is 0 Å². The number of carbonyl (C=O) groups is 3. The largest absolute Gasteiger partial charge is 0.478 e. The van der Waals surface area contributed by atoms with Crippen molar-refractivity contribution in [3.05, 3.63) is 11.1 Å². The fourth-order valence-corrected chi connectivity index (χ4v) is 2.98.